The van der Waals surface area contributed by atoms with Crippen LogP contribution in [0.15, 0.2) is 77.6 Å². The van der Waals surface area contributed by atoms with Gasteiger partial charge in [-0.2, -0.15) is 0 Å². The molecule has 1 amide bonds. The van der Waals surface area contributed by atoms with E-state index in [1.165, 1.54) is 5.56 Å². The maximum atomic E-state index is 13.9. The van der Waals surface area contributed by atoms with Crippen LogP contribution in [0.1, 0.15) is 54.5 Å². The van der Waals surface area contributed by atoms with Gasteiger partial charge in [-0.25, -0.2) is 4.98 Å². The molecule has 0 aliphatic heterocycles. The third-order valence-electron chi connectivity index (χ3n) is 6.81. The minimum absolute atomic E-state index is 0.0979. The summed E-state index contributed by atoms with van der Waals surface area (Å²) in [5, 5.41) is 0.523. The van der Waals surface area contributed by atoms with Crippen LogP contribution < -0.4 is 10.3 Å². The molecule has 3 aromatic carbocycles. The summed E-state index contributed by atoms with van der Waals surface area (Å²) in [6.45, 7) is 5.09. The molecule has 4 aromatic rings. The molecule has 0 spiro atoms. The summed E-state index contributed by atoms with van der Waals surface area (Å²) in [5.41, 5.74) is 2.87. The Bertz CT molecular complexity index is 1430. The number of rotatable bonds is 11. The van der Waals surface area contributed by atoms with Crippen molar-refractivity contribution in [2.45, 2.75) is 39.2 Å². The van der Waals surface area contributed by atoms with Crippen LogP contribution in [0.5, 0.6) is 5.75 Å². The van der Waals surface area contributed by atoms with Crippen molar-refractivity contribution in [3.63, 3.8) is 0 Å². The van der Waals surface area contributed by atoms with Gasteiger partial charge in [0.05, 0.1) is 29.7 Å². The second-order valence-corrected chi connectivity index (χ2v) is 9.15. The normalized spacial score (nSPS) is 11.9. The molecule has 7 heteroatoms. The summed E-state index contributed by atoms with van der Waals surface area (Å²) in [6, 6.07) is 21.9. The number of aryl methyl sites for hydroxylation is 1. The zero-order chi connectivity index (χ0) is 27.1. The number of para-hydroxylation sites is 1. The zero-order valence-corrected chi connectivity index (χ0v) is 22.5. The average molecular weight is 514 g/mol. The molecule has 0 fully saturated rings. The van der Waals surface area contributed by atoms with E-state index in [0.29, 0.717) is 59.7 Å². The Kier molecular flexibility index (Phi) is 8.92. The lowest BCUT2D eigenvalue weighted by Crippen LogP contribution is -2.39. The summed E-state index contributed by atoms with van der Waals surface area (Å²) in [4.78, 5) is 34.6. The Hall–Kier alpha value is -3.97. The first-order chi connectivity index (χ1) is 18.5. The van der Waals surface area contributed by atoms with Crippen LogP contribution in [0.3, 0.4) is 0 Å². The fraction of sp³-hybridized carbons (Fsp3) is 0.323. The van der Waals surface area contributed by atoms with Crippen LogP contribution in [0.2, 0.25) is 0 Å². The number of hydrogen-bond donors (Lipinski definition) is 0. The highest BCUT2D eigenvalue weighted by Crippen LogP contribution is 2.28. The molecule has 1 aromatic heterocycles. The standard InChI is InChI=1S/C31H35N3O4/c1-5-22-12-14-23(15-13-22)30(35)33(20-9-21-37-3)28(6-2)29-32-27-11-8-7-10-26(27)31(36)34(29)24-16-18-25(38-4)19-17-24/h7-8,10-19,28H,5-6,9,20-21H2,1-4H3. The van der Waals surface area contributed by atoms with Crippen LogP contribution in [-0.2, 0) is 11.2 Å². The first-order valence-electron chi connectivity index (χ1n) is 13.1. The van der Waals surface area contributed by atoms with Crippen molar-refractivity contribution in [1.82, 2.24) is 14.5 Å². The van der Waals surface area contributed by atoms with E-state index >= 15 is 0 Å². The molecule has 38 heavy (non-hydrogen) atoms. The number of nitrogens with zero attached hydrogens (tertiary/aromatic N) is 3. The fourth-order valence-corrected chi connectivity index (χ4v) is 4.72. The van der Waals surface area contributed by atoms with Gasteiger partial charge in [-0.1, -0.05) is 38.1 Å². The van der Waals surface area contributed by atoms with Gasteiger partial charge in [-0.3, -0.25) is 14.2 Å². The smallest absolute Gasteiger partial charge is 0.266 e. The number of fused-ring (bicyclic) bond motifs is 1. The number of amides is 1. The first kappa shape index (κ1) is 27.1. The van der Waals surface area contributed by atoms with Crippen LogP contribution in [0, 0.1) is 0 Å². The van der Waals surface area contributed by atoms with Gasteiger partial charge < -0.3 is 14.4 Å². The Labute approximate surface area is 223 Å². The van der Waals surface area contributed by atoms with Gasteiger partial charge in [0, 0.05) is 25.8 Å². The van der Waals surface area contributed by atoms with Crippen LogP contribution in [-0.4, -0.2) is 47.7 Å². The maximum absolute atomic E-state index is 13.9. The number of carbonyl (C=O) groups excluding carboxylic acids is 1. The minimum Gasteiger partial charge on any atom is -0.497 e. The maximum Gasteiger partial charge on any atom is 0.266 e. The van der Waals surface area contributed by atoms with Crippen LogP contribution >= 0.6 is 0 Å². The number of carbonyl (C=O) groups is 1. The lowest BCUT2D eigenvalue weighted by molar-refractivity contribution is 0.0634. The van der Waals surface area contributed by atoms with Crippen molar-refractivity contribution >= 4 is 16.8 Å². The topological polar surface area (TPSA) is 73.7 Å². The molecule has 1 heterocycles. The predicted octanol–water partition coefficient (Wildman–Crippen LogP) is 5.59. The van der Waals surface area contributed by atoms with E-state index in [1.54, 1.807) is 24.9 Å². The molecule has 0 saturated carbocycles. The Morgan fingerprint density at radius 3 is 2.32 bits per heavy atom. The number of aromatic nitrogens is 2. The summed E-state index contributed by atoms with van der Waals surface area (Å²) >= 11 is 0. The largest absolute Gasteiger partial charge is 0.497 e. The SMILES string of the molecule is CCc1ccc(C(=O)N(CCCOC)C(CC)c2nc3ccccc3c(=O)n2-c2ccc(OC)cc2)cc1. The summed E-state index contributed by atoms with van der Waals surface area (Å²) in [5.74, 6) is 1.12. The van der Waals surface area contributed by atoms with Crippen molar-refractivity contribution < 1.29 is 14.3 Å². The lowest BCUT2D eigenvalue weighted by Gasteiger charge is -2.32. The number of benzene rings is 3. The van der Waals surface area contributed by atoms with Gasteiger partial charge in [0.1, 0.15) is 11.6 Å². The van der Waals surface area contributed by atoms with Crippen molar-refractivity contribution in [3.05, 3.63) is 100 Å². The zero-order valence-electron chi connectivity index (χ0n) is 22.5. The molecule has 198 valence electrons. The second kappa shape index (κ2) is 12.5. The molecule has 4 rings (SSSR count). The molecule has 1 atom stereocenters. The Balaban J connectivity index is 1.89. The molecule has 0 N–H and O–H groups in total. The van der Waals surface area contributed by atoms with Crippen molar-refractivity contribution in [3.8, 4) is 11.4 Å². The van der Waals surface area contributed by atoms with Crippen LogP contribution in [0.25, 0.3) is 16.6 Å². The highest BCUT2D eigenvalue weighted by Gasteiger charge is 2.29. The van der Waals surface area contributed by atoms with E-state index < -0.39 is 6.04 Å². The monoisotopic (exact) mass is 513 g/mol. The third kappa shape index (κ3) is 5.63. The highest BCUT2D eigenvalue weighted by atomic mass is 16.5. The summed E-state index contributed by atoms with van der Waals surface area (Å²) < 4.78 is 12.3. The number of methoxy groups -OCH3 is 2. The van der Waals surface area contributed by atoms with E-state index in [9.17, 15) is 9.59 Å². The molecule has 0 aliphatic carbocycles. The fourth-order valence-electron chi connectivity index (χ4n) is 4.72. The highest BCUT2D eigenvalue weighted by molar-refractivity contribution is 5.94. The average Bonchev–Trinajstić information content (AvgIpc) is 2.97. The minimum atomic E-state index is -0.440. The molecule has 7 nitrogen and oxygen atoms in total. The third-order valence-corrected chi connectivity index (χ3v) is 6.81. The first-order valence-corrected chi connectivity index (χ1v) is 13.1. The quantitative estimate of drug-likeness (QED) is 0.245. The van der Waals surface area contributed by atoms with Gasteiger partial charge >= 0.3 is 0 Å². The van der Waals surface area contributed by atoms with E-state index in [4.69, 9.17) is 14.5 Å². The molecule has 0 radical (unpaired) electrons. The molecule has 1 unspecified atom stereocenters. The van der Waals surface area contributed by atoms with E-state index in [2.05, 4.69) is 6.92 Å². The van der Waals surface area contributed by atoms with Crippen molar-refractivity contribution in [2.75, 3.05) is 27.4 Å². The number of hydrogen-bond acceptors (Lipinski definition) is 5. The van der Waals surface area contributed by atoms with Gasteiger partial charge in [-0.05, 0) is 73.4 Å². The molecule has 0 bridgehead atoms. The summed E-state index contributed by atoms with van der Waals surface area (Å²) in [7, 11) is 3.26. The van der Waals surface area contributed by atoms with Crippen molar-refractivity contribution in [1.29, 1.82) is 0 Å². The second-order valence-electron chi connectivity index (χ2n) is 9.15. The van der Waals surface area contributed by atoms with Crippen LogP contribution in [0.4, 0.5) is 0 Å². The van der Waals surface area contributed by atoms with Gasteiger partial charge in [-0.15, -0.1) is 0 Å². The predicted molar refractivity (Wildman–Crippen MR) is 150 cm³/mol. The molecule has 0 saturated heterocycles. The van der Waals surface area contributed by atoms with Gasteiger partial charge in [0.15, 0.2) is 0 Å². The van der Waals surface area contributed by atoms with E-state index in [-0.39, 0.29) is 11.5 Å². The van der Waals surface area contributed by atoms with Gasteiger partial charge in [0.2, 0.25) is 0 Å². The Morgan fingerprint density at radius 2 is 1.68 bits per heavy atom. The molecule has 0 aliphatic rings. The van der Waals surface area contributed by atoms with Crippen molar-refractivity contribution in [2.24, 2.45) is 0 Å². The van der Waals surface area contributed by atoms with E-state index in [1.807, 2.05) is 78.6 Å². The number of ether oxygens (including phenoxy) is 2. The lowest BCUT2D eigenvalue weighted by atomic mass is 10.1. The Morgan fingerprint density at radius 1 is 0.974 bits per heavy atom. The summed E-state index contributed by atoms with van der Waals surface area (Å²) in [6.07, 6.45) is 2.14. The molecular weight excluding hydrogens is 478 g/mol. The van der Waals surface area contributed by atoms with Gasteiger partial charge in [0.25, 0.3) is 11.5 Å². The van der Waals surface area contributed by atoms with E-state index in [0.717, 1.165) is 6.42 Å². The molecular formula is C31H35N3O4.